The van der Waals surface area contributed by atoms with E-state index in [1.54, 1.807) is 36.4 Å². The van der Waals surface area contributed by atoms with Gasteiger partial charge in [0.2, 0.25) is 11.6 Å². The Morgan fingerprint density at radius 3 is 2.55 bits per heavy atom. The van der Waals surface area contributed by atoms with Crippen LogP contribution in [0.5, 0.6) is 0 Å². The molecule has 1 fully saturated rings. The molecule has 1 aliphatic rings. The van der Waals surface area contributed by atoms with Crippen LogP contribution in [0.15, 0.2) is 63.9 Å². The molecule has 3 aromatic rings. The van der Waals surface area contributed by atoms with Crippen LogP contribution in [0, 0.1) is 0 Å². The average Bonchev–Trinajstić information content (AvgIpc) is 3.17. The third-order valence-electron chi connectivity index (χ3n) is 5.30. The highest BCUT2D eigenvalue weighted by molar-refractivity contribution is 5.97. The molecule has 2 N–H and O–H groups in total. The largest absolute Gasteiger partial charge is 0.432 e. The number of para-hydroxylation sites is 1. The highest BCUT2D eigenvalue weighted by Crippen LogP contribution is 2.15. The topological polar surface area (TPSA) is 126 Å². The summed E-state index contributed by atoms with van der Waals surface area (Å²) in [5, 5.41) is 5.25. The Balaban J connectivity index is 1.41. The number of rotatable bonds is 7. The highest BCUT2D eigenvalue weighted by Gasteiger charge is 2.35. The van der Waals surface area contributed by atoms with Gasteiger partial charge in [-0.1, -0.05) is 18.2 Å². The van der Waals surface area contributed by atoms with Crippen LogP contribution in [0.1, 0.15) is 29.4 Å². The Kier molecular flexibility index (Phi) is 6.45. The smallest absolute Gasteiger partial charge is 0.366 e. The van der Waals surface area contributed by atoms with E-state index in [-0.39, 0.29) is 43.5 Å². The zero-order valence-electron chi connectivity index (χ0n) is 17.9. The summed E-state index contributed by atoms with van der Waals surface area (Å²) < 4.78 is 12.0. The lowest BCUT2D eigenvalue weighted by Crippen LogP contribution is -2.51. The van der Waals surface area contributed by atoms with E-state index < -0.39 is 17.6 Å². The number of hydrogen-bond donors (Lipinski definition) is 2. The molecule has 1 atom stereocenters. The highest BCUT2D eigenvalue weighted by atomic mass is 16.5. The number of aromatic nitrogens is 2. The van der Waals surface area contributed by atoms with Gasteiger partial charge >= 0.3 is 11.3 Å². The molecule has 10 heteroatoms. The summed E-state index contributed by atoms with van der Waals surface area (Å²) in [7, 11) is 0. The molecule has 1 aromatic heterocycles. The number of nitrogens with zero attached hydrogens (tertiary/aromatic N) is 2. The number of benzene rings is 2. The number of anilines is 1. The zero-order valence-corrected chi connectivity index (χ0v) is 17.9. The van der Waals surface area contributed by atoms with Crippen molar-refractivity contribution in [3.63, 3.8) is 0 Å². The van der Waals surface area contributed by atoms with E-state index in [1.807, 2.05) is 18.2 Å². The van der Waals surface area contributed by atoms with Crippen molar-refractivity contribution >= 4 is 23.3 Å². The van der Waals surface area contributed by atoms with E-state index >= 15 is 0 Å². The normalized spacial score (nSPS) is 16.0. The maximum absolute atomic E-state index is 12.9. The lowest BCUT2D eigenvalue weighted by molar-refractivity contribution is -0.678. The minimum absolute atomic E-state index is 0.00749. The quantitative estimate of drug-likeness (QED) is 0.411. The zero-order chi connectivity index (χ0) is 23.4. The van der Waals surface area contributed by atoms with Gasteiger partial charge in [-0.2, -0.15) is 0 Å². The van der Waals surface area contributed by atoms with Crippen molar-refractivity contribution in [2.75, 3.05) is 18.5 Å². The van der Waals surface area contributed by atoms with E-state index in [9.17, 15) is 19.2 Å². The van der Waals surface area contributed by atoms with E-state index in [0.717, 1.165) is 0 Å². The Labute approximate surface area is 188 Å². The van der Waals surface area contributed by atoms with Crippen molar-refractivity contribution in [2.24, 2.45) is 0 Å². The third-order valence-corrected chi connectivity index (χ3v) is 5.30. The lowest BCUT2D eigenvalue weighted by Gasteiger charge is -2.30. The number of ether oxygens (including phenoxy) is 1. The van der Waals surface area contributed by atoms with Crippen molar-refractivity contribution in [2.45, 2.75) is 26.0 Å². The number of aromatic amines is 1. The van der Waals surface area contributed by atoms with Crippen LogP contribution in [0.3, 0.4) is 0 Å². The fourth-order valence-corrected chi connectivity index (χ4v) is 3.56. The van der Waals surface area contributed by atoms with Crippen molar-refractivity contribution in [1.29, 1.82) is 0 Å². The number of H-pyrrole nitrogens is 1. The number of Topliss-reactive ketones (excluding diaryl/α,β-unsaturated/α-hetero) is 1. The second-order valence-corrected chi connectivity index (χ2v) is 7.60. The molecular weight excluding hydrogens is 428 g/mol. The second-order valence-electron chi connectivity index (χ2n) is 7.60. The number of amides is 2. The first-order valence-corrected chi connectivity index (χ1v) is 10.4. The molecule has 2 amide bonds. The van der Waals surface area contributed by atoms with Crippen LogP contribution in [0.25, 0.3) is 5.69 Å². The van der Waals surface area contributed by atoms with Gasteiger partial charge in [-0.3, -0.25) is 18.9 Å². The van der Waals surface area contributed by atoms with Crippen molar-refractivity contribution < 1.29 is 28.3 Å². The molecule has 1 saturated heterocycles. The van der Waals surface area contributed by atoms with Gasteiger partial charge in [-0.25, -0.2) is 4.79 Å². The summed E-state index contributed by atoms with van der Waals surface area (Å²) in [6.45, 7) is 1.98. The van der Waals surface area contributed by atoms with Crippen molar-refractivity contribution in [1.82, 2.24) is 10.2 Å². The van der Waals surface area contributed by atoms with Gasteiger partial charge in [0.15, 0.2) is 5.78 Å². The molecule has 0 saturated carbocycles. The standard InChI is InChI=1S/C23H22N4O6/c1-15(28)16-7-9-17(10-8-16)24-21(29)13-20-22(30)26(11-12-32-20)14-19-23(31)33-25-27(19)18-5-3-2-4-6-18/h2-10,20H,11-14H2,1H3,(H-,24,25,28,29,31)/p+1. The van der Waals surface area contributed by atoms with Crippen molar-refractivity contribution in [3.8, 4) is 5.69 Å². The Morgan fingerprint density at radius 2 is 1.85 bits per heavy atom. The molecule has 10 nitrogen and oxygen atoms in total. The molecular formula is C23H23N4O6+. The van der Waals surface area contributed by atoms with Gasteiger partial charge in [0.05, 0.1) is 13.0 Å². The van der Waals surface area contributed by atoms with Crippen LogP contribution >= 0.6 is 0 Å². The Hall–Kier alpha value is -4.05. The molecule has 1 unspecified atom stereocenters. The fourth-order valence-electron chi connectivity index (χ4n) is 3.56. The SMILES string of the molecule is CC(=O)c1ccc(NC(=O)CC2OCCN(Cc3c(=O)o[nH][n+]3-c3ccccc3)C2=O)cc1. The summed E-state index contributed by atoms with van der Waals surface area (Å²) in [6.07, 6.45) is -1.14. The predicted octanol–water partition coefficient (Wildman–Crippen LogP) is 1.20. The summed E-state index contributed by atoms with van der Waals surface area (Å²) >= 11 is 0. The molecule has 0 aliphatic carbocycles. The summed E-state index contributed by atoms with van der Waals surface area (Å²) in [5.41, 5.74) is 1.41. The van der Waals surface area contributed by atoms with Gasteiger partial charge in [0, 0.05) is 29.9 Å². The third kappa shape index (κ3) is 5.07. The Morgan fingerprint density at radius 1 is 1.12 bits per heavy atom. The van der Waals surface area contributed by atoms with Gasteiger partial charge in [0.1, 0.15) is 12.6 Å². The van der Waals surface area contributed by atoms with Crippen LogP contribution in [0.2, 0.25) is 0 Å². The number of carbonyl (C=O) groups excluding carboxylic acids is 3. The first-order chi connectivity index (χ1) is 15.9. The van der Waals surface area contributed by atoms with E-state index in [0.29, 0.717) is 16.9 Å². The van der Waals surface area contributed by atoms with Crippen molar-refractivity contribution in [3.05, 3.63) is 76.3 Å². The molecule has 4 rings (SSSR count). The van der Waals surface area contributed by atoms with E-state index in [2.05, 4.69) is 10.6 Å². The minimum atomic E-state index is -0.966. The fraction of sp³-hybridized carbons (Fsp3) is 0.261. The van der Waals surface area contributed by atoms with Gasteiger partial charge < -0.3 is 15.0 Å². The Bertz CT molecular complexity index is 1220. The predicted molar refractivity (Wildman–Crippen MR) is 116 cm³/mol. The summed E-state index contributed by atoms with van der Waals surface area (Å²) in [5.74, 6) is -0.853. The van der Waals surface area contributed by atoms with Crippen LogP contribution in [-0.2, 0) is 20.9 Å². The van der Waals surface area contributed by atoms with Gasteiger partial charge in [-0.15, -0.1) is 0 Å². The van der Waals surface area contributed by atoms with Crippen LogP contribution in [0.4, 0.5) is 5.69 Å². The maximum Gasteiger partial charge on any atom is 0.432 e. The van der Waals surface area contributed by atoms with Crippen LogP contribution in [-0.4, -0.2) is 47.0 Å². The number of carbonyl (C=O) groups is 3. The monoisotopic (exact) mass is 451 g/mol. The van der Waals surface area contributed by atoms with Gasteiger partial charge in [-0.05, 0) is 41.1 Å². The molecule has 0 bridgehead atoms. The molecule has 170 valence electrons. The van der Waals surface area contributed by atoms with E-state index in [1.165, 1.54) is 16.5 Å². The van der Waals surface area contributed by atoms with Gasteiger partial charge in [0.25, 0.3) is 5.91 Å². The molecule has 0 radical (unpaired) electrons. The first-order valence-electron chi connectivity index (χ1n) is 10.4. The number of nitrogens with one attached hydrogen (secondary N) is 2. The number of ketones is 1. The molecule has 2 aromatic carbocycles. The lowest BCUT2D eigenvalue weighted by atomic mass is 10.1. The summed E-state index contributed by atoms with van der Waals surface area (Å²) in [4.78, 5) is 50.5. The van der Waals surface area contributed by atoms with E-state index in [4.69, 9.17) is 9.26 Å². The molecule has 0 spiro atoms. The molecule has 2 heterocycles. The second kappa shape index (κ2) is 9.61. The van der Waals surface area contributed by atoms with Crippen LogP contribution < -0.4 is 15.6 Å². The maximum atomic E-state index is 12.9. The summed E-state index contributed by atoms with van der Waals surface area (Å²) in [6, 6.07) is 15.6. The minimum Gasteiger partial charge on any atom is -0.366 e. The molecule has 1 aliphatic heterocycles. The number of morpholine rings is 1. The average molecular weight is 451 g/mol. The number of hydrogen-bond acceptors (Lipinski definition) is 6. The molecule has 33 heavy (non-hydrogen) atoms. The first kappa shape index (κ1) is 22.2.